The maximum absolute atomic E-state index is 10.3. The molecule has 0 aliphatic rings. The summed E-state index contributed by atoms with van der Waals surface area (Å²) in [5, 5.41) is 14.0. The van der Waals surface area contributed by atoms with Crippen molar-refractivity contribution in [3.63, 3.8) is 0 Å². The summed E-state index contributed by atoms with van der Waals surface area (Å²) < 4.78 is 0. The normalized spacial score (nSPS) is 10.3. The molecule has 72 valence electrons. The fraction of sp³-hybridized carbons (Fsp3) is 0.125. The number of aromatic nitrogens is 2. The molecular weight excluding hydrogens is 202 g/mol. The van der Waals surface area contributed by atoms with Crippen LogP contribution in [-0.4, -0.2) is 27.6 Å². The van der Waals surface area contributed by atoms with Crippen molar-refractivity contribution < 1.29 is 9.90 Å². The van der Waals surface area contributed by atoms with Gasteiger partial charge in [-0.1, -0.05) is 0 Å². The molecule has 0 amide bonds. The van der Waals surface area contributed by atoms with Crippen molar-refractivity contribution in [2.45, 2.75) is 0 Å². The van der Waals surface area contributed by atoms with Crippen LogP contribution >= 0.6 is 11.3 Å². The van der Waals surface area contributed by atoms with Gasteiger partial charge in [-0.2, -0.15) is 0 Å². The number of carbonyl (C=O) groups is 1. The number of rotatable bonds is 3. The molecule has 0 aliphatic heterocycles. The molecule has 0 bridgehead atoms. The molecule has 0 unspecified atom stereocenters. The Kier molecular flexibility index (Phi) is 2.28. The van der Waals surface area contributed by atoms with Gasteiger partial charge in [0.1, 0.15) is 23.5 Å². The van der Waals surface area contributed by atoms with E-state index >= 15 is 0 Å². The van der Waals surface area contributed by atoms with E-state index in [9.17, 15) is 4.79 Å². The topological polar surface area (TPSA) is 75.1 Å². The monoisotopic (exact) mass is 209 g/mol. The molecule has 0 fully saturated rings. The van der Waals surface area contributed by atoms with E-state index in [2.05, 4.69) is 15.3 Å². The molecule has 5 nitrogen and oxygen atoms in total. The highest BCUT2D eigenvalue weighted by atomic mass is 32.1. The second-order valence-corrected chi connectivity index (χ2v) is 3.50. The highest BCUT2D eigenvalue weighted by Crippen LogP contribution is 2.23. The maximum atomic E-state index is 10.3. The molecule has 0 saturated carbocycles. The highest BCUT2D eigenvalue weighted by Gasteiger charge is 2.04. The number of anilines is 1. The van der Waals surface area contributed by atoms with Gasteiger partial charge >= 0.3 is 5.97 Å². The molecule has 0 saturated heterocycles. The summed E-state index contributed by atoms with van der Waals surface area (Å²) >= 11 is 1.50. The summed E-state index contributed by atoms with van der Waals surface area (Å²) in [6.07, 6.45) is 1.42. The summed E-state index contributed by atoms with van der Waals surface area (Å²) in [4.78, 5) is 19.2. The molecule has 0 atom stereocenters. The Labute approximate surface area is 83.4 Å². The van der Waals surface area contributed by atoms with Crippen molar-refractivity contribution in [3.8, 4) is 0 Å². The Balaban J connectivity index is 2.32. The standard InChI is InChI=1S/C8H7N3O2S/c12-6(13)3-9-7-5-1-2-14-8(5)11-4-10-7/h1-2,4H,3H2,(H,12,13)(H,9,10,11). The molecule has 2 heterocycles. The molecule has 2 aromatic rings. The van der Waals surface area contributed by atoms with Gasteiger partial charge < -0.3 is 10.4 Å². The molecule has 0 radical (unpaired) electrons. The first-order valence-electron chi connectivity index (χ1n) is 3.91. The van der Waals surface area contributed by atoms with Crippen LogP contribution in [0.25, 0.3) is 10.2 Å². The first-order chi connectivity index (χ1) is 6.77. The van der Waals surface area contributed by atoms with Crippen molar-refractivity contribution in [1.29, 1.82) is 0 Å². The molecule has 0 aliphatic carbocycles. The van der Waals surface area contributed by atoms with Crippen molar-refractivity contribution in [3.05, 3.63) is 17.8 Å². The van der Waals surface area contributed by atoms with Crippen molar-refractivity contribution in [1.82, 2.24) is 9.97 Å². The SMILES string of the molecule is O=C(O)CNc1ncnc2sccc12. The summed E-state index contributed by atoms with van der Waals surface area (Å²) in [5.74, 6) is -0.342. The lowest BCUT2D eigenvalue weighted by atomic mass is 10.4. The number of nitrogens with one attached hydrogen (secondary N) is 1. The van der Waals surface area contributed by atoms with Crippen LogP contribution in [0.15, 0.2) is 17.8 Å². The Hall–Kier alpha value is -1.69. The van der Waals surface area contributed by atoms with Gasteiger partial charge in [0.15, 0.2) is 0 Å². The summed E-state index contributed by atoms with van der Waals surface area (Å²) in [7, 11) is 0. The minimum atomic E-state index is -0.910. The number of hydrogen-bond acceptors (Lipinski definition) is 5. The zero-order valence-corrected chi connectivity index (χ0v) is 7.91. The Morgan fingerprint density at radius 3 is 3.21 bits per heavy atom. The van der Waals surface area contributed by atoms with Crippen LogP contribution in [0.4, 0.5) is 5.82 Å². The molecule has 2 aromatic heterocycles. The van der Waals surface area contributed by atoms with E-state index in [1.165, 1.54) is 17.7 Å². The summed E-state index contributed by atoms with van der Waals surface area (Å²) in [6, 6.07) is 1.87. The zero-order valence-electron chi connectivity index (χ0n) is 7.10. The maximum Gasteiger partial charge on any atom is 0.322 e. The average Bonchev–Trinajstić information content (AvgIpc) is 2.62. The third-order valence-corrected chi connectivity index (χ3v) is 2.49. The quantitative estimate of drug-likeness (QED) is 0.794. The number of nitrogens with zero attached hydrogens (tertiary/aromatic N) is 2. The second-order valence-electron chi connectivity index (χ2n) is 2.61. The third kappa shape index (κ3) is 1.64. The summed E-state index contributed by atoms with van der Waals surface area (Å²) in [5.41, 5.74) is 0. The second kappa shape index (κ2) is 3.59. The van der Waals surface area contributed by atoms with E-state index in [0.29, 0.717) is 5.82 Å². The molecular formula is C8H7N3O2S. The van der Waals surface area contributed by atoms with Crippen LogP contribution < -0.4 is 5.32 Å². The van der Waals surface area contributed by atoms with E-state index in [0.717, 1.165) is 10.2 Å². The molecule has 6 heteroatoms. The van der Waals surface area contributed by atoms with Crippen molar-refractivity contribution in [2.75, 3.05) is 11.9 Å². The van der Waals surface area contributed by atoms with Gasteiger partial charge in [-0.25, -0.2) is 9.97 Å². The van der Waals surface area contributed by atoms with Crippen LogP contribution in [0, 0.1) is 0 Å². The molecule has 2 N–H and O–H groups in total. The lowest BCUT2D eigenvalue weighted by Gasteiger charge is -2.02. The number of thiophene rings is 1. The third-order valence-electron chi connectivity index (χ3n) is 1.67. The van der Waals surface area contributed by atoms with E-state index in [1.54, 1.807) is 0 Å². The fourth-order valence-corrected chi connectivity index (χ4v) is 1.82. The lowest BCUT2D eigenvalue weighted by Crippen LogP contribution is -2.13. The smallest absolute Gasteiger partial charge is 0.322 e. The first kappa shape index (κ1) is 8.89. The summed E-state index contributed by atoms with van der Waals surface area (Å²) in [6.45, 7) is -0.137. The minimum absolute atomic E-state index is 0.137. The number of hydrogen-bond donors (Lipinski definition) is 2. The van der Waals surface area contributed by atoms with Gasteiger partial charge in [0.2, 0.25) is 0 Å². The number of carboxylic acids is 1. The first-order valence-corrected chi connectivity index (χ1v) is 4.79. The molecule has 14 heavy (non-hydrogen) atoms. The Morgan fingerprint density at radius 1 is 1.57 bits per heavy atom. The van der Waals surface area contributed by atoms with Crippen LogP contribution in [0.5, 0.6) is 0 Å². The molecule has 2 rings (SSSR count). The number of fused-ring (bicyclic) bond motifs is 1. The van der Waals surface area contributed by atoms with Crippen LogP contribution in [0.3, 0.4) is 0 Å². The van der Waals surface area contributed by atoms with Crippen LogP contribution in [0.2, 0.25) is 0 Å². The van der Waals surface area contributed by atoms with Crippen molar-refractivity contribution >= 4 is 33.3 Å². The number of carboxylic acid groups (broad SMARTS) is 1. The largest absolute Gasteiger partial charge is 0.480 e. The van der Waals surface area contributed by atoms with E-state index < -0.39 is 5.97 Å². The van der Waals surface area contributed by atoms with Gasteiger partial charge in [-0.05, 0) is 11.4 Å². The van der Waals surface area contributed by atoms with Gasteiger partial charge in [0, 0.05) is 0 Å². The average molecular weight is 209 g/mol. The molecule has 0 aromatic carbocycles. The van der Waals surface area contributed by atoms with Gasteiger partial charge in [0.25, 0.3) is 0 Å². The zero-order chi connectivity index (χ0) is 9.97. The molecule has 0 spiro atoms. The predicted octanol–water partition coefficient (Wildman–Crippen LogP) is 1.19. The number of aliphatic carboxylic acids is 1. The van der Waals surface area contributed by atoms with E-state index in [-0.39, 0.29) is 6.54 Å². The van der Waals surface area contributed by atoms with Crippen LogP contribution in [0.1, 0.15) is 0 Å². The van der Waals surface area contributed by atoms with Crippen molar-refractivity contribution in [2.24, 2.45) is 0 Å². The Bertz CT molecular complexity index is 468. The predicted molar refractivity (Wildman–Crippen MR) is 53.5 cm³/mol. The van der Waals surface area contributed by atoms with Gasteiger partial charge in [-0.15, -0.1) is 11.3 Å². The van der Waals surface area contributed by atoms with Gasteiger partial charge in [-0.3, -0.25) is 4.79 Å². The Morgan fingerprint density at radius 2 is 2.43 bits per heavy atom. The fourth-order valence-electron chi connectivity index (χ4n) is 1.09. The minimum Gasteiger partial charge on any atom is -0.480 e. The van der Waals surface area contributed by atoms with E-state index in [4.69, 9.17) is 5.11 Å². The highest BCUT2D eigenvalue weighted by molar-refractivity contribution is 7.16. The van der Waals surface area contributed by atoms with E-state index in [1.807, 2.05) is 11.4 Å². The lowest BCUT2D eigenvalue weighted by molar-refractivity contribution is -0.134. The van der Waals surface area contributed by atoms with Gasteiger partial charge in [0.05, 0.1) is 5.39 Å². The van der Waals surface area contributed by atoms with Crippen LogP contribution in [-0.2, 0) is 4.79 Å².